The Morgan fingerprint density at radius 2 is 1.68 bits per heavy atom. The van der Waals surface area contributed by atoms with E-state index in [4.69, 9.17) is 14.6 Å². The number of nitrogens with zero attached hydrogens (tertiary/aromatic N) is 1. The molecule has 4 N–H and O–H groups in total. The largest absolute Gasteiger partial charge is 0.477 e. The number of aliphatic hydroxyl groups is 2. The van der Waals surface area contributed by atoms with Crippen molar-refractivity contribution in [3.05, 3.63) is 48.3 Å². The van der Waals surface area contributed by atoms with E-state index >= 15 is 0 Å². The molecule has 3 amide bonds. The van der Waals surface area contributed by atoms with Gasteiger partial charge in [0, 0.05) is 56.4 Å². The summed E-state index contributed by atoms with van der Waals surface area (Å²) in [6.45, 7) is 4.95. The smallest absolute Gasteiger partial charge is 0.321 e. The van der Waals surface area contributed by atoms with Crippen molar-refractivity contribution in [1.82, 2.24) is 10.2 Å². The molecule has 0 aromatic heterocycles. The Morgan fingerprint density at radius 3 is 2.29 bits per heavy atom. The van der Waals surface area contributed by atoms with Gasteiger partial charge in [0.2, 0.25) is 0 Å². The number of halogens is 1. The molecule has 2 aromatic rings. The summed E-state index contributed by atoms with van der Waals surface area (Å²) >= 11 is 0. The Kier molecular flexibility index (Phi) is 8.42. The predicted molar refractivity (Wildman–Crippen MR) is 140 cm³/mol. The fourth-order valence-corrected chi connectivity index (χ4v) is 4.74. The number of anilines is 1. The minimum atomic E-state index is -1.04. The number of piperidine rings is 1. The highest BCUT2D eigenvalue weighted by Gasteiger charge is 2.53. The maximum Gasteiger partial charge on any atom is 0.321 e. The number of hydrogen-bond acceptors (Lipinski definition) is 6. The molecule has 206 valence electrons. The van der Waals surface area contributed by atoms with Crippen molar-refractivity contribution in [2.24, 2.45) is 5.92 Å². The molecule has 1 aliphatic heterocycles. The second-order valence-electron chi connectivity index (χ2n) is 10.6. The van der Waals surface area contributed by atoms with Crippen LogP contribution in [0.2, 0.25) is 0 Å². The van der Waals surface area contributed by atoms with Gasteiger partial charge in [0.15, 0.2) is 5.60 Å². The molecule has 0 atom stereocenters. The molecular formula is C28H36FN3O6. The average Bonchev–Trinajstić information content (AvgIpc) is 3.64. The maximum atomic E-state index is 13.3. The van der Waals surface area contributed by atoms with Crippen LogP contribution in [-0.4, -0.2) is 64.5 Å². The van der Waals surface area contributed by atoms with Crippen molar-refractivity contribution in [1.29, 1.82) is 0 Å². The van der Waals surface area contributed by atoms with E-state index in [9.17, 15) is 19.1 Å². The zero-order valence-electron chi connectivity index (χ0n) is 21.8. The van der Waals surface area contributed by atoms with Gasteiger partial charge in [0.1, 0.15) is 23.1 Å². The van der Waals surface area contributed by atoms with E-state index in [0.717, 1.165) is 0 Å². The SMILES string of the molecule is CC(C)CC1(O)CCN(C(=O)Nc2cc(Oc3ccc(F)cc3)cc(OC3(C(=O)NCCO)CC3)c2)CC1. The van der Waals surface area contributed by atoms with Gasteiger partial charge in [0.25, 0.3) is 5.91 Å². The highest BCUT2D eigenvalue weighted by atomic mass is 19.1. The number of aliphatic hydroxyl groups excluding tert-OH is 1. The molecule has 0 radical (unpaired) electrons. The van der Waals surface area contributed by atoms with Gasteiger partial charge in [-0.1, -0.05) is 13.8 Å². The third kappa shape index (κ3) is 7.14. The lowest BCUT2D eigenvalue weighted by Gasteiger charge is -2.39. The van der Waals surface area contributed by atoms with E-state index in [-0.39, 0.29) is 25.1 Å². The lowest BCUT2D eigenvalue weighted by atomic mass is 9.84. The van der Waals surface area contributed by atoms with Crippen LogP contribution >= 0.6 is 0 Å². The van der Waals surface area contributed by atoms with Crippen molar-refractivity contribution in [3.8, 4) is 17.2 Å². The number of nitrogens with one attached hydrogen (secondary N) is 2. The molecule has 1 heterocycles. The Morgan fingerprint density at radius 1 is 1.03 bits per heavy atom. The van der Waals surface area contributed by atoms with E-state index in [2.05, 4.69) is 24.5 Å². The van der Waals surface area contributed by atoms with Crippen molar-refractivity contribution in [3.63, 3.8) is 0 Å². The summed E-state index contributed by atoms with van der Waals surface area (Å²) in [5.74, 6) is 0.701. The van der Waals surface area contributed by atoms with Gasteiger partial charge in [-0.25, -0.2) is 9.18 Å². The molecule has 10 heteroatoms. The van der Waals surface area contributed by atoms with Gasteiger partial charge < -0.3 is 35.2 Å². The summed E-state index contributed by atoms with van der Waals surface area (Å²) in [5, 5.41) is 25.4. The Labute approximate surface area is 221 Å². The highest BCUT2D eigenvalue weighted by Crippen LogP contribution is 2.42. The van der Waals surface area contributed by atoms with Gasteiger partial charge in [-0.05, 0) is 49.4 Å². The van der Waals surface area contributed by atoms with E-state index < -0.39 is 17.0 Å². The molecule has 4 rings (SSSR count). The molecule has 0 unspecified atom stereocenters. The predicted octanol–water partition coefficient (Wildman–Crippen LogP) is 4.04. The van der Waals surface area contributed by atoms with Gasteiger partial charge in [-0.3, -0.25) is 4.79 Å². The van der Waals surface area contributed by atoms with Crippen LogP contribution < -0.4 is 20.1 Å². The molecule has 1 saturated heterocycles. The number of carbonyl (C=O) groups excluding carboxylic acids is 2. The number of carbonyl (C=O) groups is 2. The molecule has 2 fully saturated rings. The van der Waals surface area contributed by atoms with Crippen molar-refractivity contribution in [2.75, 3.05) is 31.6 Å². The van der Waals surface area contributed by atoms with Gasteiger partial charge in [-0.15, -0.1) is 0 Å². The van der Waals surface area contributed by atoms with E-state index in [1.807, 2.05) is 0 Å². The minimum absolute atomic E-state index is 0.126. The zero-order chi connectivity index (χ0) is 27.3. The number of likely N-dealkylation sites (tertiary alicyclic amines) is 1. The fraction of sp³-hybridized carbons (Fsp3) is 0.500. The molecule has 0 spiro atoms. The van der Waals surface area contributed by atoms with Crippen LogP contribution in [-0.2, 0) is 4.79 Å². The molecule has 38 heavy (non-hydrogen) atoms. The second-order valence-corrected chi connectivity index (χ2v) is 10.6. The van der Waals surface area contributed by atoms with E-state index in [1.165, 1.54) is 24.3 Å². The summed E-state index contributed by atoms with van der Waals surface area (Å²) in [4.78, 5) is 27.3. The first-order chi connectivity index (χ1) is 18.1. The molecule has 0 bridgehead atoms. The lowest BCUT2D eigenvalue weighted by Crippen LogP contribution is -2.48. The van der Waals surface area contributed by atoms with Crippen molar-refractivity contribution < 1.29 is 33.7 Å². The first-order valence-corrected chi connectivity index (χ1v) is 13.0. The molecular weight excluding hydrogens is 493 g/mol. The first-order valence-electron chi connectivity index (χ1n) is 13.0. The standard InChI is InChI=1S/C28H36FN3O6/c1-19(2)18-27(36)9-12-32(13-10-27)26(35)31-21-15-23(37-22-5-3-20(29)4-6-22)17-24(16-21)38-28(7-8-28)25(34)30-11-14-33/h3-6,15-17,19,33,36H,7-14,18H2,1-2H3,(H,30,34)(H,31,35). The zero-order valence-corrected chi connectivity index (χ0v) is 21.8. The Hall–Kier alpha value is -3.37. The van der Waals surface area contributed by atoms with Crippen LogP contribution in [0.4, 0.5) is 14.9 Å². The monoisotopic (exact) mass is 529 g/mol. The molecule has 2 aromatic carbocycles. The molecule has 9 nitrogen and oxygen atoms in total. The number of ether oxygens (including phenoxy) is 2. The topological polar surface area (TPSA) is 120 Å². The number of urea groups is 1. The van der Waals surface area contributed by atoms with E-state index in [0.29, 0.717) is 74.0 Å². The molecule has 2 aliphatic rings. The quantitative estimate of drug-likeness (QED) is 0.369. The van der Waals surface area contributed by atoms with Crippen LogP contribution in [0.1, 0.15) is 46.0 Å². The normalized spacial score (nSPS) is 17.6. The lowest BCUT2D eigenvalue weighted by molar-refractivity contribution is -0.130. The Bertz CT molecular complexity index is 1130. The second kappa shape index (κ2) is 11.6. The van der Waals surface area contributed by atoms with Gasteiger partial charge in [-0.2, -0.15) is 0 Å². The molecule has 1 saturated carbocycles. The summed E-state index contributed by atoms with van der Waals surface area (Å²) in [5.41, 5.74) is -1.40. The summed E-state index contributed by atoms with van der Waals surface area (Å²) in [6.07, 6.45) is 2.74. The number of amides is 3. The van der Waals surface area contributed by atoms with Gasteiger partial charge in [0.05, 0.1) is 12.2 Å². The summed E-state index contributed by atoms with van der Waals surface area (Å²) < 4.78 is 25.3. The maximum absolute atomic E-state index is 13.3. The fourth-order valence-electron chi connectivity index (χ4n) is 4.74. The third-order valence-electron chi connectivity index (χ3n) is 6.78. The number of hydrogen-bond donors (Lipinski definition) is 4. The van der Waals surface area contributed by atoms with Gasteiger partial charge >= 0.3 is 6.03 Å². The van der Waals surface area contributed by atoms with Crippen LogP contribution in [0.15, 0.2) is 42.5 Å². The van der Waals surface area contributed by atoms with Crippen LogP contribution in [0.5, 0.6) is 17.2 Å². The number of benzene rings is 2. The van der Waals surface area contributed by atoms with Crippen LogP contribution in [0.3, 0.4) is 0 Å². The highest BCUT2D eigenvalue weighted by molar-refractivity contribution is 5.90. The van der Waals surface area contributed by atoms with Crippen molar-refractivity contribution >= 4 is 17.6 Å². The average molecular weight is 530 g/mol. The number of rotatable bonds is 10. The summed E-state index contributed by atoms with van der Waals surface area (Å²) in [7, 11) is 0. The molecule has 1 aliphatic carbocycles. The summed E-state index contributed by atoms with van der Waals surface area (Å²) in [6, 6.07) is 10.1. The van der Waals surface area contributed by atoms with Crippen LogP contribution in [0, 0.1) is 11.7 Å². The van der Waals surface area contributed by atoms with Crippen LogP contribution in [0.25, 0.3) is 0 Å². The van der Waals surface area contributed by atoms with E-state index in [1.54, 1.807) is 23.1 Å². The first kappa shape index (κ1) is 27.7. The van der Waals surface area contributed by atoms with Crippen molar-refractivity contribution in [2.45, 2.75) is 57.2 Å². The minimum Gasteiger partial charge on any atom is -0.477 e. The third-order valence-corrected chi connectivity index (χ3v) is 6.78. The Balaban J connectivity index is 1.50.